The fourth-order valence-corrected chi connectivity index (χ4v) is 1.40. The van der Waals surface area contributed by atoms with E-state index in [0.29, 0.717) is 12.6 Å². The molecule has 1 unspecified atom stereocenters. The molecule has 0 aliphatic heterocycles. The lowest BCUT2D eigenvalue weighted by atomic mass is 10.1. The maximum Gasteiger partial charge on any atom is 0.0914 e. The molecule has 1 aromatic carbocycles. The van der Waals surface area contributed by atoms with E-state index in [0.717, 1.165) is 11.3 Å². The number of anilines is 1. The van der Waals surface area contributed by atoms with Crippen LogP contribution in [0, 0.1) is 0 Å². The van der Waals surface area contributed by atoms with Gasteiger partial charge in [0.2, 0.25) is 0 Å². The van der Waals surface area contributed by atoms with Crippen molar-refractivity contribution in [2.24, 2.45) is 0 Å². The van der Waals surface area contributed by atoms with Crippen molar-refractivity contribution < 1.29 is 5.11 Å². The number of nitrogen functional groups attached to an aromatic ring is 1. The molecule has 0 aromatic heterocycles. The Morgan fingerprint density at radius 3 is 2.57 bits per heavy atom. The highest BCUT2D eigenvalue weighted by Gasteiger charge is 2.21. The van der Waals surface area contributed by atoms with Gasteiger partial charge in [-0.3, -0.25) is 0 Å². The molecule has 4 N–H and O–H groups in total. The van der Waals surface area contributed by atoms with Gasteiger partial charge in [-0.1, -0.05) is 12.1 Å². The minimum Gasteiger partial charge on any atom is -0.399 e. The summed E-state index contributed by atoms with van der Waals surface area (Å²) in [6.07, 6.45) is 2.07. The highest BCUT2D eigenvalue weighted by molar-refractivity contribution is 5.39. The van der Waals surface area contributed by atoms with Crippen molar-refractivity contribution in [3.8, 4) is 0 Å². The minimum absolute atomic E-state index is 0.420. The standard InChI is InChI=1S/C11H16N2O/c12-9-3-1-8(2-4-9)11(14)7-13-10-5-6-10/h1-4,10-11,13-14H,5-7,12H2. The number of aliphatic hydroxyl groups excluding tert-OH is 1. The first-order valence-electron chi connectivity index (χ1n) is 5.02. The number of benzene rings is 1. The summed E-state index contributed by atoms with van der Waals surface area (Å²) in [4.78, 5) is 0. The van der Waals surface area contributed by atoms with Gasteiger partial charge in [-0.05, 0) is 30.5 Å². The number of nitrogens with one attached hydrogen (secondary N) is 1. The third-order valence-corrected chi connectivity index (χ3v) is 2.50. The molecule has 0 heterocycles. The maximum atomic E-state index is 9.78. The monoisotopic (exact) mass is 192 g/mol. The average Bonchev–Trinajstić information content (AvgIpc) is 2.99. The van der Waals surface area contributed by atoms with Gasteiger partial charge in [-0.2, -0.15) is 0 Å². The van der Waals surface area contributed by atoms with Crippen molar-refractivity contribution in [2.75, 3.05) is 12.3 Å². The highest BCUT2D eigenvalue weighted by atomic mass is 16.3. The van der Waals surface area contributed by atoms with Crippen molar-refractivity contribution >= 4 is 5.69 Å². The number of hydrogen-bond acceptors (Lipinski definition) is 3. The van der Waals surface area contributed by atoms with Crippen LogP contribution in [0.2, 0.25) is 0 Å². The lowest BCUT2D eigenvalue weighted by Gasteiger charge is -2.11. The fourth-order valence-electron chi connectivity index (χ4n) is 1.40. The van der Waals surface area contributed by atoms with Crippen molar-refractivity contribution in [1.29, 1.82) is 0 Å². The number of hydrogen-bond donors (Lipinski definition) is 3. The van der Waals surface area contributed by atoms with Crippen molar-refractivity contribution in [1.82, 2.24) is 5.32 Å². The molecular formula is C11H16N2O. The van der Waals surface area contributed by atoms with E-state index in [4.69, 9.17) is 5.73 Å². The second kappa shape index (κ2) is 3.98. The minimum atomic E-state index is -0.420. The van der Waals surface area contributed by atoms with Gasteiger partial charge in [0.15, 0.2) is 0 Å². The third-order valence-electron chi connectivity index (χ3n) is 2.50. The Balaban J connectivity index is 1.88. The summed E-state index contributed by atoms with van der Waals surface area (Å²) in [5.74, 6) is 0. The van der Waals surface area contributed by atoms with Crippen LogP contribution in [-0.2, 0) is 0 Å². The fraction of sp³-hybridized carbons (Fsp3) is 0.455. The van der Waals surface area contributed by atoms with Crippen molar-refractivity contribution in [2.45, 2.75) is 25.0 Å². The summed E-state index contributed by atoms with van der Waals surface area (Å²) in [7, 11) is 0. The smallest absolute Gasteiger partial charge is 0.0914 e. The summed E-state index contributed by atoms with van der Waals surface area (Å²) in [6, 6.07) is 8.01. The van der Waals surface area contributed by atoms with Crippen LogP contribution in [0.25, 0.3) is 0 Å². The molecule has 1 aromatic rings. The van der Waals surface area contributed by atoms with Gasteiger partial charge in [0.1, 0.15) is 0 Å². The lowest BCUT2D eigenvalue weighted by Crippen LogP contribution is -2.23. The van der Waals surface area contributed by atoms with E-state index in [-0.39, 0.29) is 0 Å². The molecule has 76 valence electrons. The van der Waals surface area contributed by atoms with E-state index in [1.54, 1.807) is 0 Å². The quantitative estimate of drug-likeness (QED) is 0.625. The maximum absolute atomic E-state index is 9.78. The van der Waals surface area contributed by atoms with E-state index in [1.807, 2.05) is 24.3 Å². The van der Waals surface area contributed by atoms with E-state index in [2.05, 4.69) is 5.32 Å². The van der Waals surface area contributed by atoms with Gasteiger partial charge in [-0.25, -0.2) is 0 Å². The van der Waals surface area contributed by atoms with Crippen LogP contribution in [0.15, 0.2) is 24.3 Å². The van der Waals surface area contributed by atoms with Crippen LogP contribution in [0.4, 0.5) is 5.69 Å². The van der Waals surface area contributed by atoms with E-state index in [9.17, 15) is 5.11 Å². The van der Waals surface area contributed by atoms with Crippen LogP contribution >= 0.6 is 0 Å². The first-order chi connectivity index (χ1) is 6.75. The molecule has 1 atom stereocenters. The summed E-state index contributed by atoms with van der Waals surface area (Å²) in [5.41, 5.74) is 7.22. The molecule has 0 spiro atoms. The first-order valence-corrected chi connectivity index (χ1v) is 5.02. The van der Waals surface area contributed by atoms with Crippen LogP contribution in [0.3, 0.4) is 0 Å². The molecule has 0 amide bonds. The second-order valence-electron chi connectivity index (χ2n) is 3.86. The van der Waals surface area contributed by atoms with Gasteiger partial charge in [0.05, 0.1) is 6.10 Å². The Hall–Kier alpha value is -1.06. The van der Waals surface area contributed by atoms with Crippen molar-refractivity contribution in [3.05, 3.63) is 29.8 Å². The normalized spacial score (nSPS) is 18.1. The van der Waals surface area contributed by atoms with Gasteiger partial charge in [0.25, 0.3) is 0 Å². The number of nitrogens with two attached hydrogens (primary N) is 1. The Labute approximate surface area is 83.9 Å². The van der Waals surface area contributed by atoms with Gasteiger partial charge >= 0.3 is 0 Å². The molecule has 0 bridgehead atoms. The molecule has 3 nitrogen and oxygen atoms in total. The summed E-state index contributed by atoms with van der Waals surface area (Å²) in [5, 5.41) is 13.1. The van der Waals surface area contributed by atoms with Gasteiger partial charge < -0.3 is 16.2 Å². The molecular weight excluding hydrogens is 176 g/mol. The summed E-state index contributed by atoms with van der Waals surface area (Å²) in [6.45, 7) is 0.634. The molecule has 1 saturated carbocycles. The van der Waals surface area contributed by atoms with E-state index in [1.165, 1.54) is 12.8 Å². The Bertz CT molecular complexity index is 293. The summed E-state index contributed by atoms with van der Waals surface area (Å²) >= 11 is 0. The average molecular weight is 192 g/mol. The Kier molecular flexibility index (Phi) is 2.70. The SMILES string of the molecule is Nc1ccc(C(O)CNC2CC2)cc1. The molecule has 0 saturated heterocycles. The predicted molar refractivity (Wildman–Crippen MR) is 56.8 cm³/mol. The zero-order valence-corrected chi connectivity index (χ0v) is 8.11. The van der Waals surface area contributed by atoms with E-state index < -0.39 is 6.10 Å². The summed E-state index contributed by atoms with van der Waals surface area (Å²) < 4.78 is 0. The zero-order chi connectivity index (χ0) is 9.97. The molecule has 1 aliphatic rings. The van der Waals surface area contributed by atoms with Gasteiger partial charge in [0, 0.05) is 18.3 Å². The number of aliphatic hydroxyl groups is 1. The second-order valence-corrected chi connectivity index (χ2v) is 3.86. The lowest BCUT2D eigenvalue weighted by molar-refractivity contribution is 0.174. The Morgan fingerprint density at radius 1 is 1.36 bits per heavy atom. The largest absolute Gasteiger partial charge is 0.399 e. The van der Waals surface area contributed by atoms with E-state index >= 15 is 0 Å². The van der Waals surface area contributed by atoms with Crippen LogP contribution in [0.1, 0.15) is 24.5 Å². The zero-order valence-electron chi connectivity index (χ0n) is 8.11. The molecule has 2 rings (SSSR count). The topological polar surface area (TPSA) is 58.3 Å². The van der Waals surface area contributed by atoms with Crippen LogP contribution < -0.4 is 11.1 Å². The van der Waals surface area contributed by atoms with Gasteiger partial charge in [-0.15, -0.1) is 0 Å². The molecule has 0 radical (unpaired) electrons. The van der Waals surface area contributed by atoms with Crippen LogP contribution in [0.5, 0.6) is 0 Å². The van der Waals surface area contributed by atoms with Crippen molar-refractivity contribution in [3.63, 3.8) is 0 Å². The molecule has 14 heavy (non-hydrogen) atoms. The molecule has 3 heteroatoms. The highest BCUT2D eigenvalue weighted by Crippen LogP contribution is 2.20. The predicted octanol–water partition coefficient (Wildman–Crippen LogP) is 1.05. The molecule has 1 fully saturated rings. The first kappa shape index (κ1) is 9.49. The third kappa shape index (κ3) is 2.47. The number of rotatable bonds is 4. The Morgan fingerprint density at radius 2 is 2.00 bits per heavy atom. The molecule has 1 aliphatic carbocycles. The van der Waals surface area contributed by atoms with Crippen LogP contribution in [-0.4, -0.2) is 17.7 Å².